The number of ether oxygens (including phenoxy) is 1. The summed E-state index contributed by atoms with van der Waals surface area (Å²) in [6.45, 7) is 9.23. The Morgan fingerprint density at radius 1 is 1.11 bits per heavy atom. The fourth-order valence-electron chi connectivity index (χ4n) is 6.68. The molecule has 0 aromatic carbocycles. The fraction of sp³-hybridized carbons (Fsp3) is 0.441. The zero-order chi connectivity index (χ0) is 32.9. The van der Waals surface area contributed by atoms with Gasteiger partial charge in [-0.1, -0.05) is 13.8 Å². The summed E-state index contributed by atoms with van der Waals surface area (Å²) in [5.74, 6) is 1.18. The minimum atomic E-state index is -3.70. The van der Waals surface area contributed by atoms with E-state index in [1.807, 2.05) is 32.9 Å². The zero-order valence-electron chi connectivity index (χ0n) is 26.8. The van der Waals surface area contributed by atoms with Crippen LogP contribution in [0.3, 0.4) is 0 Å². The maximum Gasteiger partial charge on any atom is 0.250 e. The molecule has 7 heterocycles. The molecule has 0 saturated carbocycles. The molecule has 2 atom stereocenters. The van der Waals surface area contributed by atoms with E-state index in [1.54, 1.807) is 19.3 Å². The van der Waals surface area contributed by atoms with Gasteiger partial charge in [-0.3, -0.25) is 9.97 Å². The highest BCUT2D eigenvalue weighted by Crippen LogP contribution is 2.51. The third-order valence-corrected chi connectivity index (χ3v) is 12.3. The predicted molar refractivity (Wildman–Crippen MR) is 179 cm³/mol. The number of anilines is 1. The number of sulfone groups is 1. The number of rotatable bonds is 9. The van der Waals surface area contributed by atoms with Crippen molar-refractivity contribution in [2.75, 3.05) is 24.3 Å². The molecular formula is C34H37FN6O4S2. The van der Waals surface area contributed by atoms with Crippen LogP contribution in [0.25, 0.3) is 32.0 Å². The van der Waals surface area contributed by atoms with Gasteiger partial charge >= 0.3 is 0 Å². The molecule has 7 rings (SSSR count). The number of nitrogens with one attached hydrogen (secondary N) is 1. The lowest BCUT2D eigenvalue weighted by atomic mass is 9.89. The Kier molecular flexibility index (Phi) is 8.56. The molecule has 0 amide bonds. The number of halogens is 1. The van der Waals surface area contributed by atoms with E-state index in [2.05, 4.69) is 25.5 Å². The van der Waals surface area contributed by atoms with Gasteiger partial charge in [-0.2, -0.15) is 0 Å². The number of nitrogens with zero attached hydrogens (tertiary/aromatic N) is 5. The summed E-state index contributed by atoms with van der Waals surface area (Å²) >= 11 is 1.45. The average Bonchev–Trinajstić information content (AvgIpc) is 3.75. The van der Waals surface area contributed by atoms with E-state index >= 15 is 0 Å². The molecule has 10 nitrogen and oxygen atoms in total. The summed E-state index contributed by atoms with van der Waals surface area (Å²) < 4.78 is 54.6. The molecule has 1 fully saturated rings. The van der Waals surface area contributed by atoms with Crippen molar-refractivity contribution in [2.24, 2.45) is 11.8 Å². The lowest BCUT2D eigenvalue weighted by molar-refractivity contribution is 0.0639. The number of thiophene rings is 1. The third kappa shape index (κ3) is 6.16. The summed E-state index contributed by atoms with van der Waals surface area (Å²) in [6, 6.07) is 5.07. The lowest BCUT2D eigenvalue weighted by Crippen LogP contribution is -2.17. The molecule has 0 radical (unpaired) electrons. The Balaban J connectivity index is 1.42. The minimum Gasteiger partial charge on any atom is -0.421 e. The molecule has 5 aromatic heterocycles. The molecule has 0 bridgehead atoms. The van der Waals surface area contributed by atoms with Gasteiger partial charge < -0.3 is 14.5 Å². The maximum atomic E-state index is 14.1. The number of pyridine rings is 3. The summed E-state index contributed by atoms with van der Waals surface area (Å²) in [5.41, 5.74) is 3.23. The highest BCUT2D eigenvalue weighted by Gasteiger charge is 2.43. The molecule has 2 aliphatic rings. The van der Waals surface area contributed by atoms with Gasteiger partial charge in [-0.15, -0.1) is 21.5 Å². The Morgan fingerprint density at radius 3 is 2.64 bits per heavy atom. The third-order valence-electron chi connectivity index (χ3n) is 9.25. The van der Waals surface area contributed by atoms with Gasteiger partial charge in [0.25, 0.3) is 0 Å². The van der Waals surface area contributed by atoms with E-state index in [-0.39, 0.29) is 34.4 Å². The topological polar surface area (TPSA) is 133 Å². The van der Waals surface area contributed by atoms with Crippen LogP contribution in [0.2, 0.25) is 0 Å². The molecule has 0 spiro atoms. The van der Waals surface area contributed by atoms with Gasteiger partial charge in [0.1, 0.15) is 11.6 Å². The highest BCUT2D eigenvalue weighted by molar-refractivity contribution is 7.92. The Hall–Kier alpha value is -3.81. The normalized spacial score (nSPS) is 18.6. The van der Waals surface area contributed by atoms with E-state index in [4.69, 9.17) is 14.1 Å². The fourth-order valence-corrected chi connectivity index (χ4v) is 10.1. The van der Waals surface area contributed by atoms with Gasteiger partial charge in [-0.05, 0) is 73.6 Å². The van der Waals surface area contributed by atoms with Crippen LogP contribution >= 0.6 is 11.3 Å². The van der Waals surface area contributed by atoms with Crippen molar-refractivity contribution in [1.29, 1.82) is 0 Å². The molecule has 1 N–H and O–H groups in total. The quantitative estimate of drug-likeness (QED) is 0.169. The Morgan fingerprint density at radius 2 is 1.91 bits per heavy atom. The average molecular weight is 677 g/mol. The van der Waals surface area contributed by atoms with Crippen molar-refractivity contribution in [2.45, 2.75) is 70.2 Å². The molecule has 5 aromatic rings. The molecular weight excluding hydrogens is 640 g/mol. The first kappa shape index (κ1) is 31.8. The van der Waals surface area contributed by atoms with Crippen molar-refractivity contribution in [3.8, 4) is 21.9 Å². The van der Waals surface area contributed by atoms with Crippen LogP contribution in [-0.4, -0.2) is 52.5 Å². The molecule has 0 aliphatic carbocycles. The largest absolute Gasteiger partial charge is 0.421 e. The molecule has 47 heavy (non-hydrogen) atoms. The highest BCUT2D eigenvalue weighted by atomic mass is 32.2. The lowest BCUT2D eigenvalue weighted by Gasteiger charge is -2.23. The van der Waals surface area contributed by atoms with Crippen LogP contribution in [-0.2, 0) is 21.0 Å². The van der Waals surface area contributed by atoms with Crippen LogP contribution in [0.1, 0.15) is 74.8 Å². The molecule has 13 heteroatoms. The van der Waals surface area contributed by atoms with Crippen molar-refractivity contribution in [1.82, 2.24) is 25.1 Å². The number of fused-ring (bicyclic) bond motifs is 2. The first-order valence-corrected chi connectivity index (χ1v) is 18.5. The summed E-state index contributed by atoms with van der Waals surface area (Å²) in [4.78, 5) is 14.8. The zero-order valence-corrected chi connectivity index (χ0v) is 28.4. The second kappa shape index (κ2) is 12.7. The van der Waals surface area contributed by atoms with Crippen molar-refractivity contribution in [3.05, 3.63) is 65.4 Å². The van der Waals surface area contributed by atoms with Crippen molar-refractivity contribution < 1.29 is 22.0 Å². The van der Waals surface area contributed by atoms with Gasteiger partial charge in [-0.25, -0.2) is 17.8 Å². The standard InChI is InChI=1S/C34H37FN6O4S2/c1-18(2)25-17-47(42,43)32-29(27-14-22-7-10-37-33(31(22)46-27)38-19(3)23-13-24(35)16-36-15-23)28(34-41-40-20(4)45-34)26(39-30(25)32)6-5-21-8-11-44-12-9-21/h7,10,13-16,18-19,21,25H,5-6,8-9,11-12,17H2,1-4H3,(H,37,38)/t19-,25-/m0/s1. The number of aromatic nitrogens is 5. The first-order chi connectivity index (χ1) is 22.6. The molecule has 0 unspecified atom stereocenters. The SMILES string of the molecule is Cc1nnc(-c2c(CCC3CCOCC3)nc3c(c2-c2cc4ccnc(N[C@@H](C)c5cncc(F)c5)c4s2)S(=O)(=O)C[C@H]3C(C)C)o1. The summed E-state index contributed by atoms with van der Waals surface area (Å²) in [7, 11) is -3.70. The predicted octanol–water partition coefficient (Wildman–Crippen LogP) is 7.31. The van der Waals surface area contributed by atoms with Crippen LogP contribution in [0.15, 0.2) is 46.1 Å². The van der Waals surface area contributed by atoms with Gasteiger partial charge in [0.05, 0.1) is 44.5 Å². The van der Waals surface area contributed by atoms with E-state index in [0.717, 1.165) is 53.1 Å². The van der Waals surface area contributed by atoms with E-state index in [9.17, 15) is 12.8 Å². The van der Waals surface area contributed by atoms with Crippen LogP contribution in [0.4, 0.5) is 10.2 Å². The second-order valence-corrected chi connectivity index (χ2v) is 15.9. The van der Waals surface area contributed by atoms with Crippen LogP contribution in [0, 0.1) is 24.6 Å². The van der Waals surface area contributed by atoms with E-state index in [1.165, 1.54) is 23.6 Å². The Bertz CT molecular complexity index is 2050. The van der Waals surface area contributed by atoms with Gasteiger partial charge in [0.2, 0.25) is 11.8 Å². The van der Waals surface area contributed by atoms with E-state index < -0.39 is 15.7 Å². The van der Waals surface area contributed by atoms with Gasteiger partial charge in [0.15, 0.2) is 9.84 Å². The number of hydrogen-bond acceptors (Lipinski definition) is 11. The monoisotopic (exact) mass is 676 g/mol. The smallest absolute Gasteiger partial charge is 0.250 e. The van der Waals surface area contributed by atoms with Crippen molar-refractivity contribution in [3.63, 3.8) is 0 Å². The summed E-state index contributed by atoms with van der Waals surface area (Å²) in [5, 5.41) is 12.8. The first-order valence-electron chi connectivity index (χ1n) is 16.0. The minimum absolute atomic E-state index is 0.00413. The number of hydrogen-bond donors (Lipinski definition) is 1. The number of aryl methyl sites for hydroxylation is 2. The van der Waals surface area contributed by atoms with Crippen LogP contribution in [0.5, 0.6) is 0 Å². The maximum absolute atomic E-state index is 14.1. The molecule has 1 saturated heterocycles. The second-order valence-electron chi connectivity index (χ2n) is 12.9. The van der Waals surface area contributed by atoms with Crippen molar-refractivity contribution >= 4 is 37.1 Å². The summed E-state index contributed by atoms with van der Waals surface area (Å²) in [6.07, 6.45) is 8.01. The molecule has 246 valence electrons. The molecule has 2 aliphatic heterocycles. The van der Waals surface area contributed by atoms with Gasteiger partial charge in [0, 0.05) is 48.9 Å². The van der Waals surface area contributed by atoms with Crippen LogP contribution < -0.4 is 5.32 Å². The van der Waals surface area contributed by atoms with E-state index in [0.29, 0.717) is 46.4 Å². The Labute approximate surface area is 277 Å².